The number of halogens is 2. The summed E-state index contributed by atoms with van der Waals surface area (Å²) >= 11 is 0. The second kappa shape index (κ2) is 5.92. The molecule has 0 spiro atoms. The lowest BCUT2D eigenvalue weighted by molar-refractivity contribution is 0.0815. The molecule has 16 heavy (non-hydrogen) atoms. The summed E-state index contributed by atoms with van der Waals surface area (Å²) in [7, 11) is 0. The first-order valence-electron chi connectivity index (χ1n) is 4.65. The number of nitrogens with zero attached hydrogens (tertiary/aromatic N) is 3. The first-order chi connectivity index (χ1) is 7.65. The summed E-state index contributed by atoms with van der Waals surface area (Å²) in [6.07, 6.45) is -2.50. The Morgan fingerprint density at radius 3 is 2.88 bits per heavy atom. The molecule has 0 fully saturated rings. The number of ether oxygens (including phenoxy) is 1. The van der Waals surface area contributed by atoms with Gasteiger partial charge in [-0.05, 0) is 29.6 Å². The van der Waals surface area contributed by atoms with Gasteiger partial charge in [0.1, 0.15) is 12.4 Å². The van der Waals surface area contributed by atoms with Crippen molar-refractivity contribution in [1.82, 2.24) is 0 Å². The molecule has 0 aliphatic heterocycles. The molecule has 0 heterocycles. The monoisotopic (exact) mass is 227 g/mol. The fourth-order valence-corrected chi connectivity index (χ4v) is 1.25. The Morgan fingerprint density at radius 1 is 1.50 bits per heavy atom. The van der Waals surface area contributed by atoms with Crippen LogP contribution in [-0.4, -0.2) is 13.0 Å². The molecule has 0 saturated carbocycles. The van der Waals surface area contributed by atoms with Gasteiger partial charge >= 0.3 is 0 Å². The third kappa shape index (κ3) is 3.40. The number of azide groups is 1. The van der Waals surface area contributed by atoms with Gasteiger partial charge in [-0.25, -0.2) is 8.78 Å². The van der Waals surface area contributed by atoms with Crippen molar-refractivity contribution in [3.8, 4) is 5.75 Å². The van der Waals surface area contributed by atoms with E-state index in [4.69, 9.17) is 10.3 Å². The van der Waals surface area contributed by atoms with Crippen LogP contribution in [-0.2, 0) is 6.54 Å². The molecule has 0 atom stereocenters. The highest BCUT2D eigenvalue weighted by Gasteiger charge is 2.07. The molecular weight excluding hydrogens is 216 g/mol. The zero-order valence-corrected chi connectivity index (χ0v) is 8.73. The highest BCUT2D eigenvalue weighted by Crippen LogP contribution is 2.22. The van der Waals surface area contributed by atoms with Crippen molar-refractivity contribution in [3.05, 3.63) is 39.8 Å². The molecular formula is C10H11F2N3O. The summed E-state index contributed by atoms with van der Waals surface area (Å²) in [5.74, 6) is 0.394. The quantitative estimate of drug-likeness (QED) is 0.431. The Labute approximate surface area is 91.5 Å². The van der Waals surface area contributed by atoms with E-state index in [2.05, 4.69) is 10.0 Å². The summed E-state index contributed by atoms with van der Waals surface area (Å²) in [6, 6.07) is 5.05. The van der Waals surface area contributed by atoms with E-state index in [1.54, 1.807) is 25.1 Å². The molecule has 0 aliphatic rings. The molecule has 0 saturated heterocycles. The second-order valence-electron chi connectivity index (χ2n) is 3.13. The van der Waals surface area contributed by atoms with E-state index in [1.807, 2.05) is 0 Å². The van der Waals surface area contributed by atoms with Gasteiger partial charge in [-0.15, -0.1) is 0 Å². The van der Waals surface area contributed by atoms with Crippen LogP contribution in [0.4, 0.5) is 8.78 Å². The fourth-order valence-electron chi connectivity index (χ4n) is 1.25. The predicted molar refractivity (Wildman–Crippen MR) is 55.5 cm³/mol. The largest absolute Gasteiger partial charge is 0.487 e. The van der Waals surface area contributed by atoms with Crippen molar-refractivity contribution in [2.75, 3.05) is 6.61 Å². The van der Waals surface area contributed by atoms with Crippen LogP contribution in [0.5, 0.6) is 5.75 Å². The Balaban J connectivity index is 2.81. The lowest BCUT2D eigenvalue weighted by atomic mass is 10.1. The van der Waals surface area contributed by atoms with Crippen LogP contribution in [0.25, 0.3) is 10.4 Å². The van der Waals surface area contributed by atoms with Gasteiger partial charge < -0.3 is 4.74 Å². The smallest absolute Gasteiger partial charge is 0.272 e. The van der Waals surface area contributed by atoms with Crippen LogP contribution < -0.4 is 4.74 Å². The standard InChI is InChI=1S/C10H11F2N3O/c1-7-8(5-14-15-13)3-2-4-9(7)16-6-10(11)12/h2-4,10H,5-6H2,1H3. The summed E-state index contributed by atoms with van der Waals surface area (Å²) in [4.78, 5) is 2.64. The molecule has 1 aromatic rings. The number of hydrogen-bond acceptors (Lipinski definition) is 2. The van der Waals surface area contributed by atoms with Crippen LogP contribution in [0.3, 0.4) is 0 Å². The maximum Gasteiger partial charge on any atom is 0.272 e. The minimum absolute atomic E-state index is 0.189. The van der Waals surface area contributed by atoms with Crippen LogP contribution in [0, 0.1) is 6.92 Å². The van der Waals surface area contributed by atoms with E-state index in [0.717, 1.165) is 11.1 Å². The Kier molecular flexibility index (Phi) is 4.54. The number of benzene rings is 1. The van der Waals surface area contributed by atoms with E-state index in [-0.39, 0.29) is 6.54 Å². The summed E-state index contributed by atoms with van der Waals surface area (Å²) < 4.78 is 28.9. The van der Waals surface area contributed by atoms with E-state index in [0.29, 0.717) is 5.75 Å². The van der Waals surface area contributed by atoms with Gasteiger partial charge in [-0.3, -0.25) is 0 Å². The predicted octanol–water partition coefficient (Wildman–Crippen LogP) is 3.45. The van der Waals surface area contributed by atoms with Crippen LogP contribution in [0.2, 0.25) is 0 Å². The normalized spacial score (nSPS) is 10.0. The van der Waals surface area contributed by atoms with Gasteiger partial charge in [-0.2, -0.15) is 0 Å². The van der Waals surface area contributed by atoms with Gasteiger partial charge in [-0.1, -0.05) is 17.2 Å². The van der Waals surface area contributed by atoms with Crippen molar-refractivity contribution in [2.24, 2.45) is 5.11 Å². The molecule has 0 radical (unpaired) electrons. The number of rotatable bonds is 5. The van der Waals surface area contributed by atoms with Crippen molar-refractivity contribution in [1.29, 1.82) is 0 Å². The molecule has 0 bridgehead atoms. The lowest BCUT2D eigenvalue weighted by Crippen LogP contribution is -2.08. The van der Waals surface area contributed by atoms with Gasteiger partial charge in [0.2, 0.25) is 0 Å². The minimum atomic E-state index is -2.50. The van der Waals surface area contributed by atoms with Gasteiger partial charge in [0, 0.05) is 4.91 Å². The average Bonchev–Trinajstić information content (AvgIpc) is 2.26. The van der Waals surface area contributed by atoms with E-state index < -0.39 is 13.0 Å². The topological polar surface area (TPSA) is 58.0 Å². The van der Waals surface area contributed by atoms with Crippen LogP contribution >= 0.6 is 0 Å². The molecule has 1 rings (SSSR count). The summed E-state index contributed by atoms with van der Waals surface area (Å²) in [5, 5.41) is 3.42. The second-order valence-corrected chi connectivity index (χ2v) is 3.13. The number of alkyl halides is 2. The summed E-state index contributed by atoms with van der Waals surface area (Å²) in [6.45, 7) is 1.29. The maximum absolute atomic E-state index is 12.0. The first-order valence-corrected chi connectivity index (χ1v) is 4.65. The van der Waals surface area contributed by atoms with E-state index >= 15 is 0 Å². The van der Waals surface area contributed by atoms with E-state index in [9.17, 15) is 8.78 Å². The lowest BCUT2D eigenvalue weighted by Gasteiger charge is -2.11. The fraction of sp³-hybridized carbons (Fsp3) is 0.400. The molecule has 86 valence electrons. The van der Waals surface area contributed by atoms with Crippen LogP contribution in [0.15, 0.2) is 23.3 Å². The maximum atomic E-state index is 12.0. The average molecular weight is 227 g/mol. The van der Waals surface area contributed by atoms with Crippen LogP contribution in [0.1, 0.15) is 11.1 Å². The highest BCUT2D eigenvalue weighted by atomic mass is 19.3. The SMILES string of the molecule is Cc1c(CN=[N+]=[N-])cccc1OCC(F)F. The molecule has 0 aromatic heterocycles. The van der Waals surface area contributed by atoms with Crippen molar-refractivity contribution in [3.63, 3.8) is 0 Å². The molecule has 4 nitrogen and oxygen atoms in total. The minimum Gasteiger partial charge on any atom is -0.487 e. The van der Waals surface area contributed by atoms with Gasteiger partial charge in [0.15, 0.2) is 0 Å². The Morgan fingerprint density at radius 2 is 2.25 bits per heavy atom. The number of hydrogen-bond donors (Lipinski definition) is 0. The van der Waals surface area contributed by atoms with E-state index in [1.165, 1.54) is 0 Å². The van der Waals surface area contributed by atoms with Crippen molar-refractivity contribution < 1.29 is 13.5 Å². The highest BCUT2D eigenvalue weighted by molar-refractivity contribution is 5.39. The Hall–Kier alpha value is -1.81. The third-order valence-electron chi connectivity index (χ3n) is 2.07. The zero-order valence-electron chi connectivity index (χ0n) is 8.73. The molecule has 0 amide bonds. The molecule has 0 unspecified atom stereocenters. The molecule has 6 heteroatoms. The molecule has 0 N–H and O–H groups in total. The van der Waals surface area contributed by atoms with Crippen molar-refractivity contribution >= 4 is 0 Å². The van der Waals surface area contributed by atoms with Gasteiger partial charge in [0.05, 0.1) is 6.54 Å². The first kappa shape index (κ1) is 12.3. The molecule has 0 aliphatic carbocycles. The Bertz CT molecular complexity index is 403. The summed E-state index contributed by atoms with van der Waals surface area (Å²) in [5.41, 5.74) is 9.68. The molecule has 1 aromatic carbocycles. The van der Waals surface area contributed by atoms with Crippen molar-refractivity contribution in [2.45, 2.75) is 19.9 Å². The third-order valence-corrected chi connectivity index (χ3v) is 2.07. The zero-order chi connectivity index (χ0) is 12.0. The van der Waals surface area contributed by atoms with Gasteiger partial charge in [0.25, 0.3) is 6.43 Å².